The average molecular weight is 245 g/mol. The highest BCUT2D eigenvalue weighted by atomic mass is 35.5. The van der Waals surface area contributed by atoms with Crippen LogP contribution in [0.15, 0.2) is 0 Å². The zero-order valence-corrected chi connectivity index (χ0v) is 10.8. The topological polar surface area (TPSA) is 51.1 Å². The van der Waals surface area contributed by atoms with Gasteiger partial charge >= 0.3 is 6.01 Å². The van der Waals surface area contributed by atoms with Crippen molar-refractivity contribution in [1.82, 2.24) is 15.0 Å². The Balaban J connectivity index is 3.03. The summed E-state index contributed by atoms with van der Waals surface area (Å²) in [5, 5.41) is 0.156. The van der Waals surface area contributed by atoms with Crippen molar-refractivity contribution in [2.75, 3.05) is 18.6 Å². The van der Waals surface area contributed by atoms with Gasteiger partial charge in [0, 0.05) is 12.6 Å². The third-order valence-electron chi connectivity index (χ3n) is 2.10. The van der Waals surface area contributed by atoms with Crippen LogP contribution in [-0.2, 0) is 0 Å². The van der Waals surface area contributed by atoms with E-state index in [1.807, 2.05) is 0 Å². The molecule has 0 spiro atoms. The molecular weight excluding hydrogens is 228 g/mol. The first kappa shape index (κ1) is 13.0. The van der Waals surface area contributed by atoms with Gasteiger partial charge in [0.25, 0.3) is 0 Å². The molecule has 0 unspecified atom stereocenters. The second-order valence-corrected chi connectivity index (χ2v) is 4.02. The lowest BCUT2D eigenvalue weighted by molar-refractivity contribution is 0.377. The number of ether oxygens (including phenoxy) is 1. The number of hydrogen-bond acceptors (Lipinski definition) is 5. The molecule has 90 valence electrons. The van der Waals surface area contributed by atoms with Gasteiger partial charge in [-0.25, -0.2) is 0 Å². The Kier molecular flexibility index (Phi) is 4.73. The van der Waals surface area contributed by atoms with Crippen molar-refractivity contribution in [2.24, 2.45) is 0 Å². The summed E-state index contributed by atoms with van der Waals surface area (Å²) in [7, 11) is 1.51. The van der Waals surface area contributed by atoms with Crippen molar-refractivity contribution < 1.29 is 4.74 Å². The van der Waals surface area contributed by atoms with E-state index >= 15 is 0 Å². The zero-order valence-electron chi connectivity index (χ0n) is 10.1. The number of rotatable bonds is 5. The molecule has 0 aliphatic heterocycles. The molecule has 0 radical (unpaired) electrons. The van der Waals surface area contributed by atoms with E-state index in [0.29, 0.717) is 12.0 Å². The van der Waals surface area contributed by atoms with Crippen LogP contribution in [0.25, 0.3) is 0 Å². The van der Waals surface area contributed by atoms with Gasteiger partial charge in [0.05, 0.1) is 7.11 Å². The highest BCUT2D eigenvalue weighted by Crippen LogP contribution is 2.17. The maximum Gasteiger partial charge on any atom is 0.322 e. The highest BCUT2D eigenvalue weighted by molar-refractivity contribution is 6.28. The van der Waals surface area contributed by atoms with Crippen molar-refractivity contribution >= 4 is 17.5 Å². The van der Waals surface area contributed by atoms with Crippen molar-refractivity contribution in [1.29, 1.82) is 0 Å². The molecular formula is C10H17ClN4O. The van der Waals surface area contributed by atoms with E-state index < -0.39 is 0 Å². The Hall–Kier alpha value is -1.10. The molecule has 0 bridgehead atoms. The van der Waals surface area contributed by atoms with Crippen LogP contribution >= 0.6 is 11.6 Å². The Bertz CT molecular complexity index is 346. The maximum absolute atomic E-state index is 5.81. The molecule has 0 amide bonds. The average Bonchev–Trinajstić information content (AvgIpc) is 2.24. The van der Waals surface area contributed by atoms with Crippen LogP contribution < -0.4 is 9.64 Å². The van der Waals surface area contributed by atoms with Crippen LogP contribution in [-0.4, -0.2) is 34.6 Å². The maximum atomic E-state index is 5.81. The van der Waals surface area contributed by atoms with Gasteiger partial charge in [-0.2, -0.15) is 15.0 Å². The highest BCUT2D eigenvalue weighted by Gasteiger charge is 2.15. The summed E-state index contributed by atoms with van der Waals surface area (Å²) < 4.78 is 4.97. The summed E-state index contributed by atoms with van der Waals surface area (Å²) in [4.78, 5) is 14.2. The standard InChI is InChI=1S/C10H17ClN4O/c1-5-6-15(7(2)3)9-12-8(11)13-10(14-9)16-4/h7H,5-6H2,1-4H3. The van der Waals surface area contributed by atoms with Crippen LogP contribution in [0.1, 0.15) is 27.2 Å². The van der Waals surface area contributed by atoms with E-state index in [2.05, 4.69) is 40.6 Å². The molecule has 1 heterocycles. The molecule has 1 aromatic heterocycles. The summed E-state index contributed by atoms with van der Waals surface area (Å²) in [6, 6.07) is 0.555. The Morgan fingerprint density at radius 3 is 2.50 bits per heavy atom. The lowest BCUT2D eigenvalue weighted by Crippen LogP contribution is -2.33. The summed E-state index contributed by atoms with van der Waals surface area (Å²) in [6.07, 6.45) is 1.02. The third-order valence-corrected chi connectivity index (χ3v) is 2.27. The molecule has 1 rings (SSSR count). The second-order valence-electron chi connectivity index (χ2n) is 3.68. The predicted molar refractivity (Wildman–Crippen MR) is 64.2 cm³/mol. The van der Waals surface area contributed by atoms with Crippen molar-refractivity contribution in [3.05, 3.63) is 5.28 Å². The second kappa shape index (κ2) is 5.84. The first-order chi connectivity index (χ1) is 7.58. The van der Waals surface area contributed by atoms with Gasteiger partial charge in [-0.3, -0.25) is 0 Å². The van der Waals surface area contributed by atoms with Gasteiger partial charge in [-0.1, -0.05) is 6.92 Å². The van der Waals surface area contributed by atoms with Crippen LogP contribution in [0.4, 0.5) is 5.95 Å². The Morgan fingerprint density at radius 2 is 2.00 bits per heavy atom. The van der Waals surface area contributed by atoms with Crippen LogP contribution in [0.3, 0.4) is 0 Å². The first-order valence-corrected chi connectivity index (χ1v) is 5.68. The molecule has 0 aromatic carbocycles. The largest absolute Gasteiger partial charge is 0.467 e. The molecule has 0 saturated heterocycles. The molecule has 0 aliphatic carbocycles. The fourth-order valence-electron chi connectivity index (χ4n) is 1.37. The fourth-order valence-corrected chi connectivity index (χ4v) is 1.52. The molecule has 5 nitrogen and oxygen atoms in total. The van der Waals surface area contributed by atoms with Gasteiger partial charge in [0.15, 0.2) is 0 Å². The monoisotopic (exact) mass is 244 g/mol. The van der Waals surface area contributed by atoms with Crippen LogP contribution in [0.5, 0.6) is 6.01 Å². The Labute approximate surface area is 101 Å². The number of hydrogen-bond donors (Lipinski definition) is 0. The smallest absolute Gasteiger partial charge is 0.322 e. The predicted octanol–water partition coefficient (Wildman–Crippen LogP) is 2.16. The van der Waals surface area contributed by atoms with Crippen LogP contribution in [0, 0.1) is 0 Å². The summed E-state index contributed by atoms with van der Waals surface area (Å²) >= 11 is 5.81. The van der Waals surface area contributed by atoms with Crippen LogP contribution in [0.2, 0.25) is 5.28 Å². The van der Waals surface area contributed by atoms with Gasteiger partial charge in [0.2, 0.25) is 11.2 Å². The normalized spacial score (nSPS) is 10.6. The van der Waals surface area contributed by atoms with Crippen molar-refractivity contribution in [3.8, 4) is 6.01 Å². The lowest BCUT2D eigenvalue weighted by atomic mass is 10.3. The number of aromatic nitrogens is 3. The van der Waals surface area contributed by atoms with E-state index in [9.17, 15) is 0 Å². The van der Waals surface area contributed by atoms with E-state index in [1.165, 1.54) is 7.11 Å². The zero-order chi connectivity index (χ0) is 12.1. The number of nitrogens with zero attached hydrogens (tertiary/aromatic N) is 4. The molecule has 0 atom stereocenters. The number of methoxy groups -OCH3 is 1. The minimum atomic E-state index is 0.156. The van der Waals surface area contributed by atoms with Crippen molar-refractivity contribution in [3.63, 3.8) is 0 Å². The summed E-state index contributed by atoms with van der Waals surface area (Å²) in [6.45, 7) is 7.15. The van der Waals surface area contributed by atoms with Crippen molar-refractivity contribution in [2.45, 2.75) is 33.2 Å². The molecule has 0 fully saturated rings. The minimum absolute atomic E-state index is 0.156. The Morgan fingerprint density at radius 1 is 1.31 bits per heavy atom. The first-order valence-electron chi connectivity index (χ1n) is 5.30. The molecule has 6 heteroatoms. The SMILES string of the molecule is CCCN(c1nc(Cl)nc(OC)n1)C(C)C. The lowest BCUT2D eigenvalue weighted by Gasteiger charge is -2.26. The number of halogens is 1. The van der Waals surface area contributed by atoms with E-state index in [-0.39, 0.29) is 11.3 Å². The number of anilines is 1. The third kappa shape index (κ3) is 3.20. The van der Waals surface area contributed by atoms with Gasteiger partial charge in [-0.15, -0.1) is 0 Å². The molecule has 1 aromatic rings. The van der Waals surface area contributed by atoms with E-state index in [1.54, 1.807) is 0 Å². The summed E-state index contributed by atoms with van der Waals surface area (Å²) in [5.74, 6) is 0.564. The quantitative estimate of drug-likeness (QED) is 0.795. The molecule has 0 saturated carbocycles. The van der Waals surface area contributed by atoms with Gasteiger partial charge in [0.1, 0.15) is 0 Å². The fraction of sp³-hybridized carbons (Fsp3) is 0.700. The molecule has 0 aliphatic rings. The summed E-state index contributed by atoms with van der Waals surface area (Å²) in [5.41, 5.74) is 0. The molecule has 16 heavy (non-hydrogen) atoms. The minimum Gasteiger partial charge on any atom is -0.467 e. The van der Waals surface area contributed by atoms with Gasteiger partial charge < -0.3 is 9.64 Å². The molecule has 0 N–H and O–H groups in total. The van der Waals surface area contributed by atoms with E-state index in [0.717, 1.165) is 13.0 Å². The van der Waals surface area contributed by atoms with E-state index in [4.69, 9.17) is 16.3 Å². The van der Waals surface area contributed by atoms with Gasteiger partial charge in [-0.05, 0) is 31.9 Å².